The predicted molar refractivity (Wildman–Crippen MR) is 62.5 cm³/mol. The zero-order chi connectivity index (χ0) is 11.7. The Balaban J connectivity index is 2.05. The molecular weight excluding hydrogens is 204 g/mol. The maximum Gasteiger partial charge on any atom is 0.229 e. The minimum atomic E-state index is 0.115. The number of nitrogens with zero attached hydrogens (tertiary/aromatic N) is 4. The van der Waals surface area contributed by atoms with E-state index in [1.165, 1.54) is 0 Å². The summed E-state index contributed by atoms with van der Waals surface area (Å²) in [4.78, 5) is 8.84. The monoisotopic (exact) mass is 224 g/mol. The number of likely N-dealkylation sites (N-methyl/N-ethyl adjacent to an activating group) is 2. The molecule has 90 valence electrons. The first-order valence-corrected chi connectivity index (χ1v) is 5.66. The van der Waals surface area contributed by atoms with Gasteiger partial charge in [-0.05, 0) is 14.1 Å². The van der Waals surface area contributed by atoms with Gasteiger partial charge in [-0.3, -0.25) is 0 Å². The van der Waals surface area contributed by atoms with Crippen LogP contribution < -0.4 is 0 Å². The number of imidazole rings is 1. The molecule has 1 fully saturated rings. The quantitative estimate of drug-likeness (QED) is 0.763. The van der Waals surface area contributed by atoms with E-state index < -0.39 is 0 Å². The van der Waals surface area contributed by atoms with Gasteiger partial charge in [0.25, 0.3) is 0 Å². The molecule has 1 aromatic heterocycles. The second-order valence-corrected chi connectivity index (χ2v) is 4.73. The van der Waals surface area contributed by atoms with Gasteiger partial charge in [0.15, 0.2) is 0 Å². The van der Waals surface area contributed by atoms with Crippen molar-refractivity contribution in [3.63, 3.8) is 0 Å². The van der Waals surface area contributed by atoms with Gasteiger partial charge >= 0.3 is 0 Å². The van der Waals surface area contributed by atoms with Gasteiger partial charge < -0.3 is 19.5 Å². The Morgan fingerprint density at radius 2 is 2.12 bits per heavy atom. The molecule has 1 aliphatic rings. The Hall–Kier alpha value is -1.07. The predicted octanol–water partition coefficient (Wildman–Crippen LogP) is -0.0860. The van der Waals surface area contributed by atoms with Gasteiger partial charge in [-0.1, -0.05) is 0 Å². The van der Waals surface area contributed by atoms with Crippen LogP contribution in [0.5, 0.6) is 5.88 Å². The summed E-state index contributed by atoms with van der Waals surface area (Å²) in [5, 5.41) is 9.33. The van der Waals surface area contributed by atoms with E-state index in [1.807, 2.05) is 11.6 Å². The summed E-state index contributed by atoms with van der Waals surface area (Å²) in [5.74, 6) is 1.06. The van der Waals surface area contributed by atoms with Gasteiger partial charge in [-0.2, -0.15) is 4.98 Å². The molecule has 0 saturated carbocycles. The van der Waals surface area contributed by atoms with Crippen LogP contribution in [0.2, 0.25) is 0 Å². The first-order chi connectivity index (χ1) is 7.56. The minimum absolute atomic E-state index is 0.115. The molecule has 5 heteroatoms. The summed E-state index contributed by atoms with van der Waals surface area (Å²) in [7, 11) is 6.23. The summed E-state index contributed by atoms with van der Waals surface area (Å²) >= 11 is 0. The number of aryl methyl sites for hydroxylation is 1. The van der Waals surface area contributed by atoms with Crippen molar-refractivity contribution in [1.82, 2.24) is 19.4 Å². The fourth-order valence-corrected chi connectivity index (χ4v) is 2.21. The highest BCUT2D eigenvalue weighted by Crippen LogP contribution is 2.14. The highest BCUT2D eigenvalue weighted by Gasteiger charge is 2.23. The van der Waals surface area contributed by atoms with Crippen LogP contribution in [0.1, 0.15) is 5.82 Å². The standard InChI is InChI=1S/C11H20N4O/c1-13-4-5-14(2)9(7-13)6-10-12-11(16)8-15(10)3/h8-9,16H,4-7H2,1-3H3. The zero-order valence-electron chi connectivity index (χ0n) is 10.2. The van der Waals surface area contributed by atoms with E-state index in [-0.39, 0.29) is 5.88 Å². The molecule has 1 aromatic rings. The average Bonchev–Trinajstić information content (AvgIpc) is 2.51. The fraction of sp³-hybridized carbons (Fsp3) is 0.727. The highest BCUT2D eigenvalue weighted by atomic mass is 16.3. The summed E-state index contributed by atoms with van der Waals surface area (Å²) in [6, 6.07) is 0.485. The second-order valence-electron chi connectivity index (χ2n) is 4.73. The fourth-order valence-electron chi connectivity index (χ4n) is 2.21. The topological polar surface area (TPSA) is 44.5 Å². The van der Waals surface area contributed by atoms with Crippen molar-refractivity contribution in [2.24, 2.45) is 7.05 Å². The van der Waals surface area contributed by atoms with Gasteiger partial charge in [0, 0.05) is 39.1 Å². The molecule has 2 heterocycles. The van der Waals surface area contributed by atoms with Gasteiger partial charge in [0.1, 0.15) is 5.82 Å². The van der Waals surface area contributed by atoms with Gasteiger partial charge in [-0.25, -0.2) is 0 Å². The van der Waals surface area contributed by atoms with E-state index in [1.54, 1.807) is 6.20 Å². The molecule has 1 unspecified atom stereocenters. The molecule has 1 aliphatic heterocycles. The lowest BCUT2D eigenvalue weighted by atomic mass is 10.1. The molecule has 16 heavy (non-hydrogen) atoms. The SMILES string of the molecule is CN1CCN(C)C(Cc2nc(O)cn2C)C1. The zero-order valence-corrected chi connectivity index (χ0v) is 10.2. The summed E-state index contributed by atoms with van der Waals surface area (Å²) < 4.78 is 1.90. The number of rotatable bonds is 2. The van der Waals surface area contributed by atoms with Crippen LogP contribution >= 0.6 is 0 Å². The van der Waals surface area contributed by atoms with Crippen LogP contribution in [-0.4, -0.2) is 64.2 Å². The molecular formula is C11H20N4O. The Morgan fingerprint density at radius 1 is 1.38 bits per heavy atom. The highest BCUT2D eigenvalue weighted by molar-refractivity contribution is 5.08. The normalized spacial score (nSPS) is 23.8. The molecule has 0 spiro atoms. The van der Waals surface area contributed by atoms with Gasteiger partial charge in [0.2, 0.25) is 5.88 Å². The Bertz CT molecular complexity index is 363. The number of aromatic nitrogens is 2. The molecule has 2 rings (SSSR count). The molecule has 0 radical (unpaired) electrons. The van der Waals surface area contributed by atoms with Crippen molar-refractivity contribution in [2.45, 2.75) is 12.5 Å². The van der Waals surface area contributed by atoms with E-state index in [9.17, 15) is 5.11 Å². The van der Waals surface area contributed by atoms with Crippen molar-refractivity contribution in [1.29, 1.82) is 0 Å². The lowest BCUT2D eigenvalue weighted by Gasteiger charge is -2.37. The lowest BCUT2D eigenvalue weighted by molar-refractivity contribution is 0.113. The molecule has 0 aromatic carbocycles. The van der Waals surface area contributed by atoms with Crippen molar-refractivity contribution < 1.29 is 5.11 Å². The minimum Gasteiger partial charge on any atom is -0.492 e. The van der Waals surface area contributed by atoms with Crippen LogP contribution in [0.25, 0.3) is 0 Å². The first-order valence-electron chi connectivity index (χ1n) is 5.66. The van der Waals surface area contributed by atoms with Gasteiger partial charge in [0.05, 0.1) is 6.20 Å². The summed E-state index contributed by atoms with van der Waals surface area (Å²) in [6.45, 7) is 3.28. The molecule has 1 saturated heterocycles. The average molecular weight is 224 g/mol. The number of piperazine rings is 1. The third-order valence-corrected chi connectivity index (χ3v) is 3.36. The van der Waals surface area contributed by atoms with Crippen LogP contribution in [-0.2, 0) is 13.5 Å². The first kappa shape index (κ1) is 11.4. The van der Waals surface area contributed by atoms with Crippen LogP contribution in [0.4, 0.5) is 0 Å². The summed E-state index contributed by atoms with van der Waals surface area (Å²) in [6.07, 6.45) is 2.54. The number of aromatic hydroxyl groups is 1. The molecule has 1 atom stereocenters. The van der Waals surface area contributed by atoms with E-state index >= 15 is 0 Å². The van der Waals surface area contributed by atoms with Crippen molar-refractivity contribution >= 4 is 0 Å². The van der Waals surface area contributed by atoms with E-state index in [4.69, 9.17) is 0 Å². The molecule has 0 bridgehead atoms. The number of hydrogen-bond donors (Lipinski definition) is 1. The van der Waals surface area contributed by atoms with Gasteiger partial charge in [-0.15, -0.1) is 0 Å². The summed E-state index contributed by atoms with van der Waals surface area (Å²) in [5.41, 5.74) is 0. The molecule has 1 N–H and O–H groups in total. The Kier molecular flexibility index (Phi) is 3.16. The van der Waals surface area contributed by atoms with E-state index in [0.717, 1.165) is 31.9 Å². The van der Waals surface area contributed by atoms with Crippen molar-refractivity contribution in [3.05, 3.63) is 12.0 Å². The van der Waals surface area contributed by atoms with Crippen LogP contribution in [0.3, 0.4) is 0 Å². The van der Waals surface area contributed by atoms with E-state index in [2.05, 4.69) is 28.9 Å². The second kappa shape index (κ2) is 4.43. The lowest BCUT2D eigenvalue weighted by Crippen LogP contribution is -2.51. The third-order valence-electron chi connectivity index (χ3n) is 3.36. The largest absolute Gasteiger partial charge is 0.492 e. The van der Waals surface area contributed by atoms with Crippen LogP contribution in [0.15, 0.2) is 6.20 Å². The van der Waals surface area contributed by atoms with Crippen LogP contribution in [0, 0.1) is 0 Å². The van der Waals surface area contributed by atoms with E-state index in [0.29, 0.717) is 6.04 Å². The molecule has 5 nitrogen and oxygen atoms in total. The number of hydrogen-bond acceptors (Lipinski definition) is 4. The van der Waals surface area contributed by atoms with Crippen molar-refractivity contribution in [3.8, 4) is 5.88 Å². The smallest absolute Gasteiger partial charge is 0.229 e. The Labute approximate surface area is 96.3 Å². The maximum atomic E-state index is 9.33. The Morgan fingerprint density at radius 3 is 2.75 bits per heavy atom. The maximum absolute atomic E-state index is 9.33. The molecule has 0 aliphatic carbocycles. The third kappa shape index (κ3) is 2.36. The van der Waals surface area contributed by atoms with Crippen molar-refractivity contribution in [2.75, 3.05) is 33.7 Å². The molecule has 0 amide bonds.